The van der Waals surface area contributed by atoms with Gasteiger partial charge >= 0.3 is 6.18 Å². The fourth-order valence-corrected chi connectivity index (χ4v) is 4.24. The second-order valence-electron chi connectivity index (χ2n) is 7.58. The molecule has 30 heavy (non-hydrogen) atoms. The summed E-state index contributed by atoms with van der Waals surface area (Å²) in [4.78, 5) is 12.5. The molecule has 4 heterocycles. The van der Waals surface area contributed by atoms with Crippen molar-refractivity contribution < 1.29 is 22.3 Å². The van der Waals surface area contributed by atoms with E-state index in [4.69, 9.17) is 4.74 Å². The standard InChI is InChI=1S/C20H19F4N5O/c21-11-5-6-29(8-11)14-9-30-15-4-2-1-3-12(15)17(14)28-19-13-7-16(20(22,23)24)27-18(13)25-10-26-19/h1-4,7,10-11,14,17H,5-6,8-9H2,(H2,25,26,27,28). The van der Waals surface area contributed by atoms with Crippen LogP contribution in [0, 0.1) is 0 Å². The molecule has 2 aromatic heterocycles. The SMILES string of the molecule is FC1CCN(C2COc3ccccc3C2Nc2ncnc3[nH]c(C(F)(F)F)cc23)C1. The number of aromatic amines is 1. The van der Waals surface area contributed by atoms with E-state index < -0.39 is 18.0 Å². The maximum absolute atomic E-state index is 13.9. The summed E-state index contributed by atoms with van der Waals surface area (Å²) in [7, 11) is 0. The number of aromatic nitrogens is 3. The Morgan fingerprint density at radius 1 is 1.20 bits per heavy atom. The first-order valence-electron chi connectivity index (χ1n) is 9.67. The van der Waals surface area contributed by atoms with E-state index in [9.17, 15) is 17.6 Å². The molecule has 3 atom stereocenters. The maximum atomic E-state index is 13.9. The van der Waals surface area contributed by atoms with Crippen molar-refractivity contribution in [3.8, 4) is 5.75 Å². The molecule has 158 valence electrons. The van der Waals surface area contributed by atoms with Crippen molar-refractivity contribution in [3.63, 3.8) is 0 Å². The number of benzene rings is 1. The third-order valence-corrected chi connectivity index (χ3v) is 5.70. The monoisotopic (exact) mass is 421 g/mol. The number of anilines is 1. The molecule has 0 aliphatic carbocycles. The third-order valence-electron chi connectivity index (χ3n) is 5.70. The smallest absolute Gasteiger partial charge is 0.431 e. The van der Waals surface area contributed by atoms with Gasteiger partial charge < -0.3 is 15.0 Å². The van der Waals surface area contributed by atoms with Crippen LogP contribution in [-0.2, 0) is 6.18 Å². The quantitative estimate of drug-likeness (QED) is 0.628. The molecule has 3 aromatic rings. The van der Waals surface area contributed by atoms with Crippen LogP contribution in [0.15, 0.2) is 36.7 Å². The third kappa shape index (κ3) is 3.34. The zero-order valence-corrected chi connectivity index (χ0v) is 15.8. The molecular formula is C20H19F4N5O. The van der Waals surface area contributed by atoms with Gasteiger partial charge in [-0.05, 0) is 18.6 Å². The number of hydrogen-bond acceptors (Lipinski definition) is 5. The second-order valence-corrected chi connectivity index (χ2v) is 7.58. The van der Waals surface area contributed by atoms with Crippen LogP contribution in [0.5, 0.6) is 5.75 Å². The normalized spacial score (nSPS) is 24.6. The lowest BCUT2D eigenvalue weighted by molar-refractivity contribution is -0.140. The molecule has 10 heteroatoms. The number of nitrogens with one attached hydrogen (secondary N) is 2. The number of para-hydroxylation sites is 1. The minimum Gasteiger partial charge on any atom is -0.491 e. The molecule has 0 bridgehead atoms. The number of ether oxygens (including phenoxy) is 1. The molecule has 0 amide bonds. The Balaban J connectivity index is 1.54. The summed E-state index contributed by atoms with van der Waals surface area (Å²) in [5.74, 6) is 0.979. The van der Waals surface area contributed by atoms with Gasteiger partial charge in [0, 0.05) is 18.7 Å². The number of hydrogen-bond donors (Lipinski definition) is 2. The van der Waals surface area contributed by atoms with Gasteiger partial charge in [-0.15, -0.1) is 0 Å². The van der Waals surface area contributed by atoms with Gasteiger partial charge in [-0.2, -0.15) is 13.2 Å². The fourth-order valence-electron chi connectivity index (χ4n) is 4.24. The Bertz CT molecular complexity index is 1070. The highest BCUT2D eigenvalue weighted by molar-refractivity contribution is 5.88. The lowest BCUT2D eigenvalue weighted by atomic mass is 9.95. The summed E-state index contributed by atoms with van der Waals surface area (Å²) in [6, 6.07) is 7.96. The van der Waals surface area contributed by atoms with E-state index in [0.717, 1.165) is 11.6 Å². The molecule has 0 spiro atoms. The first kappa shape index (κ1) is 19.1. The topological polar surface area (TPSA) is 66.1 Å². The molecule has 6 nitrogen and oxygen atoms in total. The summed E-state index contributed by atoms with van der Waals surface area (Å²) in [6.07, 6.45) is -3.74. The molecule has 5 rings (SSSR count). The molecule has 2 aliphatic heterocycles. The van der Waals surface area contributed by atoms with E-state index in [1.165, 1.54) is 6.33 Å². The summed E-state index contributed by atoms with van der Waals surface area (Å²) in [5.41, 5.74) is 0.0703. The summed E-state index contributed by atoms with van der Waals surface area (Å²) >= 11 is 0. The average Bonchev–Trinajstić information content (AvgIpc) is 3.35. The molecule has 1 saturated heterocycles. The molecule has 0 saturated carbocycles. The highest BCUT2D eigenvalue weighted by Gasteiger charge is 2.39. The molecule has 0 radical (unpaired) electrons. The molecule has 1 fully saturated rings. The van der Waals surface area contributed by atoms with E-state index in [2.05, 4.69) is 20.3 Å². The van der Waals surface area contributed by atoms with E-state index in [0.29, 0.717) is 31.9 Å². The Labute approximate surface area is 169 Å². The van der Waals surface area contributed by atoms with Crippen LogP contribution in [0.1, 0.15) is 23.7 Å². The Hall–Kier alpha value is -2.88. The van der Waals surface area contributed by atoms with Crippen molar-refractivity contribution >= 4 is 16.9 Å². The van der Waals surface area contributed by atoms with Crippen molar-refractivity contribution in [2.24, 2.45) is 0 Å². The molecule has 2 aliphatic rings. The van der Waals surface area contributed by atoms with Crippen LogP contribution in [0.4, 0.5) is 23.4 Å². The first-order valence-corrected chi connectivity index (χ1v) is 9.67. The van der Waals surface area contributed by atoms with Crippen LogP contribution >= 0.6 is 0 Å². The van der Waals surface area contributed by atoms with Crippen LogP contribution in [-0.4, -0.2) is 51.8 Å². The van der Waals surface area contributed by atoms with Crippen molar-refractivity contribution in [3.05, 3.63) is 47.9 Å². The number of halogens is 4. The van der Waals surface area contributed by atoms with Crippen LogP contribution in [0.25, 0.3) is 11.0 Å². The van der Waals surface area contributed by atoms with Gasteiger partial charge in [0.2, 0.25) is 0 Å². The Morgan fingerprint density at radius 2 is 2.03 bits per heavy atom. The Kier molecular flexibility index (Phi) is 4.53. The lowest BCUT2D eigenvalue weighted by Crippen LogP contribution is -2.47. The molecule has 2 N–H and O–H groups in total. The summed E-state index contributed by atoms with van der Waals surface area (Å²) in [6.45, 7) is 1.24. The predicted octanol–water partition coefficient (Wildman–Crippen LogP) is 3.93. The summed E-state index contributed by atoms with van der Waals surface area (Å²) in [5, 5.41) is 3.55. The zero-order valence-electron chi connectivity index (χ0n) is 15.8. The van der Waals surface area contributed by atoms with E-state index >= 15 is 0 Å². The van der Waals surface area contributed by atoms with Gasteiger partial charge in [-0.25, -0.2) is 14.4 Å². The van der Waals surface area contributed by atoms with Crippen molar-refractivity contribution in [2.75, 3.05) is 25.0 Å². The Morgan fingerprint density at radius 3 is 2.80 bits per heavy atom. The molecule has 1 aromatic carbocycles. The van der Waals surface area contributed by atoms with Gasteiger partial charge in [0.25, 0.3) is 0 Å². The number of rotatable bonds is 3. The second kappa shape index (κ2) is 7.12. The molecule has 3 unspecified atom stereocenters. The lowest BCUT2D eigenvalue weighted by Gasteiger charge is -2.39. The number of alkyl halides is 4. The van der Waals surface area contributed by atoms with E-state index in [1.54, 1.807) is 0 Å². The largest absolute Gasteiger partial charge is 0.491 e. The van der Waals surface area contributed by atoms with Crippen molar-refractivity contribution in [2.45, 2.75) is 30.9 Å². The van der Waals surface area contributed by atoms with Gasteiger partial charge in [0.1, 0.15) is 42.0 Å². The number of likely N-dealkylation sites (tertiary alicyclic amines) is 1. The van der Waals surface area contributed by atoms with Gasteiger partial charge in [0.15, 0.2) is 0 Å². The average molecular weight is 421 g/mol. The highest BCUT2D eigenvalue weighted by atomic mass is 19.4. The summed E-state index contributed by atoms with van der Waals surface area (Å²) < 4.78 is 59.2. The molecular weight excluding hydrogens is 402 g/mol. The minimum absolute atomic E-state index is 0.0988. The van der Waals surface area contributed by atoms with Gasteiger partial charge in [0.05, 0.1) is 17.5 Å². The van der Waals surface area contributed by atoms with E-state index in [-0.39, 0.29) is 28.9 Å². The first-order chi connectivity index (χ1) is 14.4. The maximum Gasteiger partial charge on any atom is 0.431 e. The van der Waals surface area contributed by atoms with Crippen molar-refractivity contribution in [1.29, 1.82) is 0 Å². The highest BCUT2D eigenvalue weighted by Crippen LogP contribution is 2.39. The van der Waals surface area contributed by atoms with E-state index in [1.807, 2.05) is 29.2 Å². The fraction of sp³-hybridized carbons (Fsp3) is 0.400. The van der Waals surface area contributed by atoms with Gasteiger partial charge in [-0.1, -0.05) is 18.2 Å². The van der Waals surface area contributed by atoms with Crippen LogP contribution < -0.4 is 10.1 Å². The van der Waals surface area contributed by atoms with Crippen LogP contribution in [0.2, 0.25) is 0 Å². The predicted molar refractivity (Wildman–Crippen MR) is 102 cm³/mol. The number of nitrogens with zero attached hydrogens (tertiary/aromatic N) is 3. The minimum atomic E-state index is -4.52. The van der Waals surface area contributed by atoms with Crippen molar-refractivity contribution in [1.82, 2.24) is 19.9 Å². The number of H-pyrrole nitrogens is 1. The zero-order chi connectivity index (χ0) is 20.9. The van der Waals surface area contributed by atoms with Crippen LogP contribution in [0.3, 0.4) is 0 Å². The van der Waals surface area contributed by atoms with Gasteiger partial charge in [-0.3, -0.25) is 4.90 Å². The number of fused-ring (bicyclic) bond motifs is 2.